The number of nitrogens with zero attached hydrogens (tertiary/aromatic N) is 1. The summed E-state index contributed by atoms with van der Waals surface area (Å²) in [6.45, 7) is 1.82. The van der Waals surface area contributed by atoms with E-state index in [0.29, 0.717) is 17.7 Å². The molecule has 1 amide bonds. The molecule has 3 saturated heterocycles. The third-order valence-electron chi connectivity index (χ3n) is 7.96. The van der Waals surface area contributed by atoms with Gasteiger partial charge in [0.15, 0.2) is 5.60 Å². The van der Waals surface area contributed by atoms with Crippen molar-refractivity contribution in [2.24, 2.45) is 0 Å². The van der Waals surface area contributed by atoms with E-state index in [0.717, 1.165) is 31.5 Å². The number of fused-ring (bicyclic) bond motifs is 5. The fraction of sp³-hybridized carbons (Fsp3) is 0.448. The van der Waals surface area contributed by atoms with Crippen LogP contribution in [0.1, 0.15) is 18.4 Å². The minimum absolute atomic E-state index is 0.0433. The highest BCUT2D eigenvalue weighted by Gasteiger charge is 2.78. The zero-order valence-corrected chi connectivity index (χ0v) is 21.1. The fourth-order valence-corrected chi connectivity index (χ4v) is 6.04. The van der Waals surface area contributed by atoms with Crippen LogP contribution in [0.25, 0.3) is 0 Å². The number of nitrogens with one attached hydrogen (secondary N) is 1. The first-order valence-corrected chi connectivity index (χ1v) is 12.9. The Morgan fingerprint density at radius 3 is 2.43 bits per heavy atom. The van der Waals surface area contributed by atoms with Crippen molar-refractivity contribution in [3.63, 3.8) is 0 Å². The topological polar surface area (TPSA) is 89.6 Å². The molecule has 0 saturated carbocycles. The Morgan fingerprint density at radius 2 is 1.76 bits per heavy atom. The molecule has 3 fully saturated rings. The quantitative estimate of drug-likeness (QED) is 0.436. The Bertz CT molecular complexity index is 1150. The summed E-state index contributed by atoms with van der Waals surface area (Å²) in [5.74, 6) is -0.218. The smallest absolute Gasteiger partial charge is 0.337 e. The Kier molecular flexibility index (Phi) is 6.26. The number of epoxide rings is 1. The molecular formula is C29H32N2O6. The molecule has 8 nitrogen and oxygen atoms in total. The maximum absolute atomic E-state index is 13.7. The molecule has 0 aliphatic carbocycles. The maximum atomic E-state index is 13.7. The SMILES string of the molecule is COC(=O)C1=C(C(=O)NC2CCN(C)CC2)C2OC1(C(Cc1ccccc1)Oc1ccccc1)C1OC21. The Hall–Kier alpha value is -3.20. The van der Waals surface area contributed by atoms with Crippen LogP contribution in [-0.2, 0) is 30.2 Å². The second-order valence-electron chi connectivity index (χ2n) is 10.3. The molecule has 2 bridgehead atoms. The van der Waals surface area contributed by atoms with Gasteiger partial charge < -0.3 is 29.2 Å². The lowest BCUT2D eigenvalue weighted by atomic mass is 9.76. The van der Waals surface area contributed by atoms with E-state index in [1.807, 2.05) is 60.7 Å². The zero-order chi connectivity index (χ0) is 25.6. The molecule has 2 aromatic carbocycles. The van der Waals surface area contributed by atoms with E-state index in [2.05, 4.69) is 17.3 Å². The number of hydrogen-bond acceptors (Lipinski definition) is 7. The van der Waals surface area contributed by atoms with Crippen LogP contribution in [0.5, 0.6) is 5.75 Å². The van der Waals surface area contributed by atoms with Gasteiger partial charge in [-0.25, -0.2) is 4.79 Å². The largest absolute Gasteiger partial charge is 0.487 e. The van der Waals surface area contributed by atoms with Crippen LogP contribution >= 0.6 is 0 Å². The van der Waals surface area contributed by atoms with Gasteiger partial charge in [-0.15, -0.1) is 0 Å². The molecule has 0 spiro atoms. The van der Waals surface area contributed by atoms with E-state index >= 15 is 0 Å². The lowest BCUT2D eigenvalue weighted by Gasteiger charge is -2.36. The summed E-state index contributed by atoms with van der Waals surface area (Å²) in [4.78, 5) is 29.3. The molecule has 4 aliphatic heterocycles. The third kappa shape index (κ3) is 4.23. The van der Waals surface area contributed by atoms with Crippen LogP contribution in [0.15, 0.2) is 71.8 Å². The average molecular weight is 505 g/mol. The third-order valence-corrected chi connectivity index (χ3v) is 7.96. The molecule has 0 aromatic heterocycles. The van der Waals surface area contributed by atoms with Crippen LogP contribution in [0, 0.1) is 0 Å². The predicted octanol–water partition coefficient (Wildman–Crippen LogP) is 2.28. The second-order valence-corrected chi connectivity index (χ2v) is 10.3. The van der Waals surface area contributed by atoms with Gasteiger partial charge in [-0.05, 0) is 50.7 Å². The number of rotatable bonds is 8. The highest BCUT2D eigenvalue weighted by molar-refractivity contribution is 6.07. The molecule has 194 valence electrons. The van der Waals surface area contributed by atoms with Crippen LogP contribution in [0.2, 0.25) is 0 Å². The van der Waals surface area contributed by atoms with Crippen LogP contribution in [-0.4, -0.2) is 80.1 Å². The van der Waals surface area contributed by atoms with Gasteiger partial charge in [0.1, 0.15) is 30.2 Å². The zero-order valence-electron chi connectivity index (χ0n) is 21.1. The van der Waals surface area contributed by atoms with Crippen molar-refractivity contribution in [2.75, 3.05) is 27.2 Å². The number of carbonyl (C=O) groups is 2. The molecule has 2 aromatic rings. The average Bonchev–Trinajstić information content (AvgIpc) is 3.58. The molecule has 5 unspecified atom stereocenters. The van der Waals surface area contributed by atoms with E-state index < -0.39 is 23.8 Å². The fourth-order valence-electron chi connectivity index (χ4n) is 6.04. The van der Waals surface area contributed by atoms with E-state index in [1.165, 1.54) is 7.11 Å². The highest BCUT2D eigenvalue weighted by Crippen LogP contribution is 2.60. The van der Waals surface area contributed by atoms with Crippen molar-refractivity contribution >= 4 is 11.9 Å². The van der Waals surface area contributed by atoms with Crippen molar-refractivity contribution in [1.29, 1.82) is 0 Å². The Morgan fingerprint density at radius 1 is 1.08 bits per heavy atom. The monoisotopic (exact) mass is 504 g/mol. The van der Waals surface area contributed by atoms with E-state index in [1.54, 1.807) is 0 Å². The van der Waals surface area contributed by atoms with Crippen molar-refractivity contribution in [3.8, 4) is 5.75 Å². The first kappa shape index (κ1) is 24.2. The Labute approximate surface area is 216 Å². The first-order valence-electron chi connectivity index (χ1n) is 12.9. The van der Waals surface area contributed by atoms with E-state index in [4.69, 9.17) is 18.9 Å². The lowest BCUT2D eigenvalue weighted by Crippen LogP contribution is -2.54. The number of benzene rings is 2. The molecule has 6 rings (SSSR count). The number of hydrogen-bond donors (Lipinski definition) is 1. The summed E-state index contributed by atoms with van der Waals surface area (Å²) >= 11 is 0. The van der Waals surface area contributed by atoms with Gasteiger partial charge in [0.05, 0.1) is 18.3 Å². The van der Waals surface area contributed by atoms with E-state index in [-0.39, 0.29) is 29.7 Å². The summed E-state index contributed by atoms with van der Waals surface area (Å²) in [5.41, 5.74) is 0.309. The molecule has 37 heavy (non-hydrogen) atoms. The molecule has 5 atom stereocenters. The lowest BCUT2D eigenvalue weighted by molar-refractivity contribution is -0.144. The van der Waals surface area contributed by atoms with Crippen molar-refractivity contribution in [2.45, 2.75) is 55.3 Å². The normalized spacial score (nSPS) is 29.5. The van der Waals surface area contributed by atoms with Crippen molar-refractivity contribution < 1.29 is 28.5 Å². The van der Waals surface area contributed by atoms with Gasteiger partial charge in [-0.2, -0.15) is 0 Å². The van der Waals surface area contributed by atoms with Gasteiger partial charge in [0, 0.05) is 12.5 Å². The number of ether oxygens (including phenoxy) is 4. The standard InChI is InChI=1S/C29H32N2O6/c1-31-15-13-19(14-16-31)30-27(32)22-23(28(33)34-2)29(26-25(36-26)24(22)37-29)21(17-18-9-5-3-6-10-18)35-20-11-7-4-8-12-20/h3-12,19,21,24-26H,13-17H2,1-2H3,(H,30,32). The predicted molar refractivity (Wildman–Crippen MR) is 135 cm³/mol. The van der Waals surface area contributed by atoms with Crippen molar-refractivity contribution in [1.82, 2.24) is 10.2 Å². The number of piperidine rings is 1. The minimum atomic E-state index is -1.26. The summed E-state index contributed by atoms with van der Waals surface area (Å²) < 4.78 is 24.5. The number of amides is 1. The molecule has 4 aliphatic rings. The Balaban J connectivity index is 1.39. The minimum Gasteiger partial charge on any atom is -0.487 e. The second kappa shape index (κ2) is 9.59. The number of esters is 1. The molecule has 0 radical (unpaired) electrons. The number of carbonyl (C=O) groups excluding carboxylic acids is 2. The summed E-state index contributed by atoms with van der Waals surface area (Å²) in [7, 11) is 3.41. The van der Waals surface area contributed by atoms with Crippen LogP contribution < -0.4 is 10.1 Å². The summed E-state index contributed by atoms with van der Waals surface area (Å²) in [6, 6.07) is 19.4. The summed E-state index contributed by atoms with van der Waals surface area (Å²) in [5, 5.41) is 3.16. The van der Waals surface area contributed by atoms with E-state index in [9.17, 15) is 9.59 Å². The number of likely N-dealkylation sites (tertiary alicyclic amines) is 1. The molecule has 8 heteroatoms. The van der Waals surface area contributed by atoms with Gasteiger partial charge in [0.25, 0.3) is 5.91 Å². The van der Waals surface area contributed by atoms with Crippen LogP contribution in [0.4, 0.5) is 0 Å². The van der Waals surface area contributed by atoms with Gasteiger partial charge in [0.2, 0.25) is 0 Å². The first-order chi connectivity index (χ1) is 18.0. The highest BCUT2D eigenvalue weighted by atomic mass is 16.7. The number of para-hydroxylation sites is 1. The van der Waals surface area contributed by atoms with Gasteiger partial charge >= 0.3 is 5.97 Å². The molecule has 4 heterocycles. The maximum Gasteiger partial charge on any atom is 0.337 e. The van der Waals surface area contributed by atoms with Gasteiger partial charge in [-0.3, -0.25) is 4.79 Å². The summed E-state index contributed by atoms with van der Waals surface area (Å²) in [6.07, 6.45) is 0.238. The van der Waals surface area contributed by atoms with Crippen molar-refractivity contribution in [3.05, 3.63) is 77.4 Å². The van der Waals surface area contributed by atoms with Gasteiger partial charge in [-0.1, -0.05) is 48.5 Å². The molecular weight excluding hydrogens is 472 g/mol. The molecule has 1 N–H and O–H groups in total. The van der Waals surface area contributed by atoms with Crippen LogP contribution in [0.3, 0.4) is 0 Å². The number of methoxy groups -OCH3 is 1.